The van der Waals surface area contributed by atoms with E-state index in [9.17, 15) is 0 Å². The monoisotopic (exact) mass is 321 g/mol. The highest BCUT2D eigenvalue weighted by atomic mass is 16.5. The molecule has 1 N–H and O–H groups in total. The number of hydrogen-bond acceptors (Lipinski definition) is 4. The summed E-state index contributed by atoms with van der Waals surface area (Å²) in [5, 5.41) is 8.11. The molecule has 0 aliphatic carbocycles. The van der Waals surface area contributed by atoms with Crippen LogP contribution in [0, 0.1) is 0 Å². The van der Waals surface area contributed by atoms with Crippen molar-refractivity contribution in [2.75, 3.05) is 6.54 Å². The van der Waals surface area contributed by atoms with Crippen LogP contribution in [0.5, 0.6) is 5.75 Å². The van der Waals surface area contributed by atoms with Gasteiger partial charge in [0.2, 0.25) is 0 Å². The summed E-state index contributed by atoms with van der Waals surface area (Å²) in [6, 6.07) is 8.46. The topological polar surface area (TPSA) is 56.9 Å². The SMILES string of the molecule is CC1Cc2cc(-n3ccnc3-c3cc4n(n3)CCNC4)ccc2O1. The number of benzene rings is 1. The molecular formula is C18H19N5O. The molecule has 0 radical (unpaired) electrons. The second-order valence-electron chi connectivity index (χ2n) is 6.47. The molecule has 0 bridgehead atoms. The molecule has 24 heavy (non-hydrogen) atoms. The summed E-state index contributed by atoms with van der Waals surface area (Å²) < 4.78 is 9.98. The highest BCUT2D eigenvalue weighted by Gasteiger charge is 2.21. The van der Waals surface area contributed by atoms with Gasteiger partial charge >= 0.3 is 0 Å². The van der Waals surface area contributed by atoms with Gasteiger partial charge in [0.1, 0.15) is 17.5 Å². The van der Waals surface area contributed by atoms with Crippen molar-refractivity contribution < 1.29 is 4.74 Å². The molecule has 1 atom stereocenters. The smallest absolute Gasteiger partial charge is 0.165 e. The summed E-state index contributed by atoms with van der Waals surface area (Å²) >= 11 is 0. The molecule has 0 spiro atoms. The molecule has 6 heteroatoms. The number of hydrogen-bond donors (Lipinski definition) is 1. The Bertz CT molecular complexity index is 887. The van der Waals surface area contributed by atoms with Crippen molar-refractivity contribution in [3.8, 4) is 23.0 Å². The average molecular weight is 321 g/mol. The van der Waals surface area contributed by atoms with Crippen LogP contribution in [0.2, 0.25) is 0 Å². The molecule has 1 unspecified atom stereocenters. The predicted molar refractivity (Wildman–Crippen MR) is 90.3 cm³/mol. The minimum atomic E-state index is 0.255. The summed E-state index contributed by atoms with van der Waals surface area (Å²) in [6.45, 7) is 4.84. The maximum Gasteiger partial charge on any atom is 0.165 e. The molecule has 2 aromatic heterocycles. The Morgan fingerprint density at radius 2 is 2.25 bits per heavy atom. The number of nitrogens with one attached hydrogen (secondary N) is 1. The maximum atomic E-state index is 5.80. The van der Waals surface area contributed by atoms with E-state index in [1.54, 1.807) is 0 Å². The fourth-order valence-electron chi connectivity index (χ4n) is 3.56. The molecule has 122 valence electrons. The fourth-order valence-corrected chi connectivity index (χ4v) is 3.56. The maximum absolute atomic E-state index is 5.80. The molecule has 3 aromatic rings. The van der Waals surface area contributed by atoms with Gasteiger partial charge in [-0.2, -0.15) is 5.10 Å². The lowest BCUT2D eigenvalue weighted by Crippen LogP contribution is -2.28. The Hall–Kier alpha value is -2.60. The third-order valence-corrected chi connectivity index (χ3v) is 4.70. The molecule has 5 rings (SSSR count). The van der Waals surface area contributed by atoms with Crippen LogP contribution in [-0.4, -0.2) is 32.0 Å². The third kappa shape index (κ3) is 2.14. The summed E-state index contributed by atoms with van der Waals surface area (Å²) in [7, 11) is 0. The number of ether oxygens (including phenoxy) is 1. The highest BCUT2D eigenvalue weighted by molar-refractivity contribution is 5.56. The lowest BCUT2D eigenvalue weighted by molar-refractivity contribution is 0.254. The first kappa shape index (κ1) is 13.8. The fraction of sp³-hybridized carbons (Fsp3) is 0.333. The zero-order valence-corrected chi connectivity index (χ0v) is 13.6. The quantitative estimate of drug-likeness (QED) is 0.786. The second-order valence-corrected chi connectivity index (χ2v) is 6.47. The van der Waals surface area contributed by atoms with Crippen LogP contribution in [0.3, 0.4) is 0 Å². The second kappa shape index (κ2) is 5.21. The molecule has 1 aromatic carbocycles. The summed E-state index contributed by atoms with van der Waals surface area (Å²) in [4.78, 5) is 4.55. The van der Waals surface area contributed by atoms with Crippen LogP contribution < -0.4 is 10.1 Å². The Morgan fingerprint density at radius 3 is 3.17 bits per heavy atom. The van der Waals surface area contributed by atoms with Gasteiger partial charge in [-0.15, -0.1) is 0 Å². The number of imidazole rings is 1. The van der Waals surface area contributed by atoms with E-state index in [0.29, 0.717) is 0 Å². The highest BCUT2D eigenvalue weighted by Crippen LogP contribution is 2.31. The van der Waals surface area contributed by atoms with Gasteiger partial charge in [-0.05, 0) is 36.8 Å². The normalized spacial score (nSPS) is 19.0. The van der Waals surface area contributed by atoms with Crippen molar-refractivity contribution in [1.29, 1.82) is 0 Å². The summed E-state index contributed by atoms with van der Waals surface area (Å²) in [6.07, 6.45) is 5.04. The van der Waals surface area contributed by atoms with E-state index in [2.05, 4.69) is 50.7 Å². The van der Waals surface area contributed by atoms with Crippen molar-refractivity contribution in [2.24, 2.45) is 0 Å². The summed E-state index contributed by atoms with van der Waals surface area (Å²) in [5.74, 6) is 1.88. The Morgan fingerprint density at radius 1 is 1.29 bits per heavy atom. The van der Waals surface area contributed by atoms with E-state index in [0.717, 1.165) is 49.0 Å². The molecule has 2 aliphatic rings. The van der Waals surface area contributed by atoms with E-state index in [4.69, 9.17) is 9.84 Å². The van der Waals surface area contributed by atoms with Crippen molar-refractivity contribution in [3.05, 3.63) is 47.9 Å². The predicted octanol–water partition coefficient (Wildman–Crippen LogP) is 2.16. The largest absolute Gasteiger partial charge is 0.490 e. The van der Waals surface area contributed by atoms with E-state index in [1.807, 2.05) is 12.4 Å². The molecule has 4 heterocycles. The Labute approximate surface area is 140 Å². The van der Waals surface area contributed by atoms with E-state index in [-0.39, 0.29) is 6.10 Å². The number of rotatable bonds is 2. The Balaban J connectivity index is 1.56. The van der Waals surface area contributed by atoms with Gasteiger partial charge < -0.3 is 10.1 Å². The summed E-state index contributed by atoms with van der Waals surface area (Å²) in [5.41, 5.74) is 4.49. The first-order chi connectivity index (χ1) is 11.8. The van der Waals surface area contributed by atoms with Crippen molar-refractivity contribution in [2.45, 2.75) is 32.5 Å². The van der Waals surface area contributed by atoms with Gasteiger partial charge in [-0.3, -0.25) is 9.25 Å². The van der Waals surface area contributed by atoms with Gasteiger partial charge in [0.25, 0.3) is 0 Å². The standard InChI is InChI=1S/C18H19N5O/c1-12-8-13-9-14(2-3-17(13)24-12)22-6-5-20-18(22)16-10-15-11-19-4-7-23(15)21-16/h2-3,5-6,9-10,12,19H,4,7-8,11H2,1H3. The molecule has 0 saturated carbocycles. The van der Waals surface area contributed by atoms with E-state index >= 15 is 0 Å². The molecule has 2 aliphatic heterocycles. The molecule has 0 amide bonds. The lowest BCUT2D eigenvalue weighted by atomic mass is 10.1. The van der Waals surface area contributed by atoms with Gasteiger partial charge in [0, 0.05) is 37.6 Å². The minimum Gasteiger partial charge on any atom is -0.490 e. The van der Waals surface area contributed by atoms with Crippen LogP contribution in [0.4, 0.5) is 0 Å². The van der Waals surface area contributed by atoms with Crippen LogP contribution in [0.25, 0.3) is 17.2 Å². The van der Waals surface area contributed by atoms with Crippen LogP contribution in [0.15, 0.2) is 36.7 Å². The molecule has 6 nitrogen and oxygen atoms in total. The molecular weight excluding hydrogens is 302 g/mol. The zero-order chi connectivity index (χ0) is 16.1. The van der Waals surface area contributed by atoms with Crippen molar-refractivity contribution in [1.82, 2.24) is 24.6 Å². The van der Waals surface area contributed by atoms with Crippen LogP contribution in [-0.2, 0) is 19.5 Å². The minimum absolute atomic E-state index is 0.255. The van der Waals surface area contributed by atoms with Crippen molar-refractivity contribution in [3.63, 3.8) is 0 Å². The van der Waals surface area contributed by atoms with E-state index in [1.165, 1.54) is 11.3 Å². The number of fused-ring (bicyclic) bond motifs is 2. The van der Waals surface area contributed by atoms with Gasteiger partial charge in [0.15, 0.2) is 5.82 Å². The van der Waals surface area contributed by atoms with Gasteiger partial charge in [-0.25, -0.2) is 4.98 Å². The first-order valence-corrected chi connectivity index (χ1v) is 8.39. The third-order valence-electron chi connectivity index (χ3n) is 4.70. The molecule has 0 saturated heterocycles. The molecule has 0 fully saturated rings. The van der Waals surface area contributed by atoms with Crippen LogP contribution in [0.1, 0.15) is 18.2 Å². The van der Waals surface area contributed by atoms with Gasteiger partial charge in [-0.1, -0.05) is 0 Å². The Kier molecular flexibility index (Phi) is 2.99. The van der Waals surface area contributed by atoms with Crippen LogP contribution >= 0.6 is 0 Å². The first-order valence-electron chi connectivity index (χ1n) is 8.39. The van der Waals surface area contributed by atoms with Crippen molar-refractivity contribution >= 4 is 0 Å². The number of nitrogens with zero attached hydrogens (tertiary/aromatic N) is 4. The average Bonchev–Trinajstić information content (AvgIpc) is 3.29. The van der Waals surface area contributed by atoms with E-state index < -0.39 is 0 Å². The number of aromatic nitrogens is 4. The lowest BCUT2D eigenvalue weighted by Gasteiger charge is -2.13. The van der Waals surface area contributed by atoms with Gasteiger partial charge in [0.05, 0.1) is 12.2 Å². The zero-order valence-electron chi connectivity index (χ0n) is 13.6.